The summed E-state index contributed by atoms with van der Waals surface area (Å²) in [5, 5.41) is 11.0. The quantitative estimate of drug-likeness (QED) is 0.622. The van der Waals surface area contributed by atoms with Crippen molar-refractivity contribution in [3.05, 3.63) is 34.1 Å². The Balaban J connectivity index is 2.34. The Kier molecular flexibility index (Phi) is 3.71. The van der Waals surface area contributed by atoms with Crippen LogP contribution in [0.3, 0.4) is 0 Å². The van der Waals surface area contributed by atoms with Gasteiger partial charge in [-0.1, -0.05) is 13.0 Å². The van der Waals surface area contributed by atoms with Gasteiger partial charge in [-0.15, -0.1) is 0 Å². The summed E-state index contributed by atoms with van der Waals surface area (Å²) in [6.07, 6.45) is 0. The van der Waals surface area contributed by atoms with E-state index in [1.165, 1.54) is 6.07 Å². The van der Waals surface area contributed by atoms with Crippen molar-refractivity contribution in [2.45, 2.75) is 13.0 Å². The summed E-state index contributed by atoms with van der Waals surface area (Å²) in [6, 6.07) is 4.59. The van der Waals surface area contributed by atoms with Gasteiger partial charge >= 0.3 is 5.69 Å². The maximum absolute atomic E-state index is 13.6. The van der Waals surface area contributed by atoms with Crippen molar-refractivity contribution in [1.82, 2.24) is 4.90 Å². The molecule has 0 radical (unpaired) electrons. The first kappa shape index (κ1) is 13.7. The minimum Gasteiger partial charge on any atom is -0.364 e. The van der Waals surface area contributed by atoms with Crippen LogP contribution in [0.2, 0.25) is 0 Å². The molecule has 1 aliphatic rings. The second-order valence-corrected chi connectivity index (χ2v) is 5.28. The highest BCUT2D eigenvalue weighted by atomic mass is 19.1. The Bertz CT molecular complexity index is 493. The second-order valence-electron chi connectivity index (χ2n) is 5.28. The van der Waals surface area contributed by atoms with Gasteiger partial charge in [-0.25, -0.2) is 0 Å². The molecule has 1 saturated heterocycles. The van der Waals surface area contributed by atoms with E-state index in [9.17, 15) is 14.5 Å². The molecule has 6 heteroatoms. The van der Waals surface area contributed by atoms with Gasteiger partial charge in [0.1, 0.15) is 5.69 Å². The van der Waals surface area contributed by atoms with Crippen molar-refractivity contribution in [2.24, 2.45) is 5.92 Å². The first-order valence-electron chi connectivity index (χ1n) is 6.26. The molecule has 1 fully saturated rings. The fourth-order valence-electron chi connectivity index (χ4n) is 2.76. The van der Waals surface area contributed by atoms with Crippen molar-refractivity contribution in [2.75, 3.05) is 32.1 Å². The number of halogens is 1. The normalized spacial score (nSPS) is 23.1. The molecule has 0 N–H and O–H groups in total. The lowest BCUT2D eigenvalue weighted by atomic mass is 10.1. The van der Waals surface area contributed by atoms with Crippen LogP contribution < -0.4 is 4.90 Å². The van der Waals surface area contributed by atoms with Crippen LogP contribution in [-0.2, 0) is 0 Å². The predicted octanol–water partition coefficient (Wildman–Crippen LogP) is 2.12. The van der Waals surface area contributed by atoms with Gasteiger partial charge in [0.05, 0.1) is 4.92 Å². The van der Waals surface area contributed by atoms with Crippen LogP contribution in [0.15, 0.2) is 18.2 Å². The molecule has 1 aromatic carbocycles. The Morgan fingerprint density at radius 1 is 1.42 bits per heavy atom. The summed E-state index contributed by atoms with van der Waals surface area (Å²) >= 11 is 0. The van der Waals surface area contributed by atoms with E-state index in [1.54, 1.807) is 6.07 Å². The molecule has 19 heavy (non-hydrogen) atoms. The molecule has 0 spiro atoms. The van der Waals surface area contributed by atoms with Gasteiger partial charge < -0.3 is 9.80 Å². The molecule has 5 nitrogen and oxygen atoms in total. The highest BCUT2D eigenvalue weighted by Gasteiger charge is 2.34. The number of nitro groups is 1. The third-order valence-corrected chi connectivity index (χ3v) is 3.72. The second kappa shape index (κ2) is 5.13. The highest BCUT2D eigenvalue weighted by molar-refractivity contribution is 5.64. The van der Waals surface area contributed by atoms with E-state index in [1.807, 2.05) is 19.0 Å². The molecule has 2 atom stereocenters. The number of nitro benzene ring substituents is 1. The van der Waals surface area contributed by atoms with Crippen LogP contribution in [0.25, 0.3) is 0 Å². The monoisotopic (exact) mass is 267 g/mol. The van der Waals surface area contributed by atoms with Crippen LogP contribution in [0, 0.1) is 21.8 Å². The molecule has 0 aliphatic carbocycles. The third-order valence-electron chi connectivity index (χ3n) is 3.72. The smallest absolute Gasteiger partial charge is 0.327 e. The summed E-state index contributed by atoms with van der Waals surface area (Å²) in [5.74, 6) is -0.388. The van der Waals surface area contributed by atoms with Crippen molar-refractivity contribution in [1.29, 1.82) is 0 Å². The first-order chi connectivity index (χ1) is 8.91. The number of nitrogens with zero attached hydrogens (tertiary/aromatic N) is 3. The lowest BCUT2D eigenvalue weighted by Gasteiger charge is -2.22. The Labute approximate surface area is 111 Å². The van der Waals surface area contributed by atoms with Gasteiger partial charge in [-0.2, -0.15) is 4.39 Å². The minimum atomic E-state index is -0.775. The molecule has 0 amide bonds. The Hall–Kier alpha value is -1.69. The van der Waals surface area contributed by atoms with Crippen LogP contribution in [0.4, 0.5) is 15.8 Å². The maximum atomic E-state index is 13.6. The van der Waals surface area contributed by atoms with Crippen molar-refractivity contribution >= 4 is 11.4 Å². The van der Waals surface area contributed by atoms with Crippen LogP contribution in [-0.4, -0.2) is 43.0 Å². The SMILES string of the molecule is CC1CN(c2cccc(F)c2[N+](=O)[O-])CC1N(C)C. The van der Waals surface area contributed by atoms with E-state index in [0.29, 0.717) is 30.7 Å². The molecule has 1 heterocycles. The summed E-state index contributed by atoms with van der Waals surface area (Å²) in [7, 11) is 3.98. The lowest BCUT2D eigenvalue weighted by molar-refractivity contribution is -0.386. The van der Waals surface area contributed by atoms with E-state index in [0.717, 1.165) is 6.07 Å². The molecule has 1 aliphatic heterocycles. The molecule has 104 valence electrons. The van der Waals surface area contributed by atoms with Gasteiger partial charge in [0, 0.05) is 19.1 Å². The number of para-hydroxylation sites is 1. The molecule has 1 aromatic rings. The number of rotatable bonds is 3. The molecule has 0 saturated carbocycles. The van der Waals surface area contributed by atoms with Crippen molar-refractivity contribution < 1.29 is 9.31 Å². The van der Waals surface area contributed by atoms with E-state index in [-0.39, 0.29) is 0 Å². The van der Waals surface area contributed by atoms with Crippen LogP contribution in [0.1, 0.15) is 6.92 Å². The molecular formula is C13H18FN3O2. The molecule has 2 unspecified atom stereocenters. The van der Waals surface area contributed by atoms with Gasteiger partial charge in [0.25, 0.3) is 0 Å². The summed E-state index contributed by atoms with van der Waals surface area (Å²) in [4.78, 5) is 14.4. The summed E-state index contributed by atoms with van der Waals surface area (Å²) in [5.41, 5.74) is -0.0460. The summed E-state index contributed by atoms with van der Waals surface area (Å²) in [6.45, 7) is 3.49. The third kappa shape index (κ3) is 2.53. The minimum absolute atomic E-state index is 0.322. The largest absolute Gasteiger partial charge is 0.364 e. The zero-order chi connectivity index (χ0) is 14.2. The Morgan fingerprint density at radius 3 is 2.63 bits per heavy atom. The lowest BCUT2D eigenvalue weighted by Crippen LogP contribution is -2.34. The molecule has 2 rings (SSSR count). The molecular weight excluding hydrogens is 249 g/mol. The van der Waals surface area contributed by atoms with Gasteiger partial charge in [0.15, 0.2) is 0 Å². The van der Waals surface area contributed by atoms with Crippen molar-refractivity contribution in [3.8, 4) is 0 Å². The molecule has 0 aromatic heterocycles. The number of hydrogen-bond donors (Lipinski definition) is 0. The van der Waals surface area contributed by atoms with Crippen LogP contribution >= 0.6 is 0 Å². The van der Waals surface area contributed by atoms with E-state index in [2.05, 4.69) is 11.8 Å². The predicted molar refractivity (Wildman–Crippen MR) is 71.9 cm³/mol. The maximum Gasteiger partial charge on any atom is 0.327 e. The van der Waals surface area contributed by atoms with E-state index < -0.39 is 16.4 Å². The van der Waals surface area contributed by atoms with E-state index >= 15 is 0 Å². The standard InChI is InChI=1S/C13H18FN3O2/c1-9-7-16(8-12(9)15(2)3)11-6-4-5-10(14)13(11)17(18)19/h4-6,9,12H,7-8H2,1-3H3. The van der Waals surface area contributed by atoms with Crippen molar-refractivity contribution in [3.63, 3.8) is 0 Å². The molecule has 0 bridgehead atoms. The zero-order valence-electron chi connectivity index (χ0n) is 11.3. The Morgan fingerprint density at radius 2 is 2.11 bits per heavy atom. The number of hydrogen-bond acceptors (Lipinski definition) is 4. The summed E-state index contributed by atoms with van der Waals surface area (Å²) < 4.78 is 13.6. The van der Waals surface area contributed by atoms with Crippen LogP contribution in [0.5, 0.6) is 0 Å². The topological polar surface area (TPSA) is 49.6 Å². The fourth-order valence-corrected chi connectivity index (χ4v) is 2.76. The highest BCUT2D eigenvalue weighted by Crippen LogP contribution is 2.34. The first-order valence-corrected chi connectivity index (χ1v) is 6.26. The number of likely N-dealkylation sites (N-methyl/N-ethyl adjacent to an activating group) is 1. The average Bonchev–Trinajstić information content (AvgIpc) is 2.70. The number of anilines is 1. The fraction of sp³-hybridized carbons (Fsp3) is 0.538. The van der Waals surface area contributed by atoms with Gasteiger partial charge in [-0.05, 0) is 32.1 Å². The number of benzene rings is 1. The van der Waals surface area contributed by atoms with Gasteiger partial charge in [-0.3, -0.25) is 10.1 Å². The average molecular weight is 267 g/mol. The van der Waals surface area contributed by atoms with E-state index in [4.69, 9.17) is 0 Å². The van der Waals surface area contributed by atoms with Gasteiger partial charge in [0.2, 0.25) is 5.82 Å². The zero-order valence-corrected chi connectivity index (χ0v) is 11.3.